The Morgan fingerprint density at radius 1 is 1.13 bits per heavy atom. The maximum atomic E-state index is 13.5. The molecule has 1 aliphatic heterocycles. The Bertz CT molecular complexity index is 916. The van der Waals surface area contributed by atoms with Crippen LogP contribution in [0.5, 0.6) is 0 Å². The Hall–Kier alpha value is -2.65. The van der Waals surface area contributed by atoms with E-state index >= 15 is 0 Å². The summed E-state index contributed by atoms with van der Waals surface area (Å²) in [5, 5.41) is 1.23. The zero-order valence-electron chi connectivity index (χ0n) is 16.4. The molecule has 0 bridgehead atoms. The number of nitrogens with two attached hydrogens (primary N) is 2. The molecule has 2 aromatic carbocycles. The average Bonchev–Trinajstić information content (AvgIpc) is 2.72. The summed E-state index contributed by atoms with van der Waals surface area (Å²) >= 11 is 5.78. The van der Waals surface area contributed by atoms with E-state index < -0.39 is 17.8 Å². The third kappa shape index (κ3) is 4.57. The van der Waals surface area contributed by atoms with Crippen molar-refractivity contribution in [3.8, 4) is 0 Å². The fraction of sp³-hybridized carbons (Fsp3) is 0.350. The molecule has 1 aliphatic rings. The van der Waals surface area contributed by atoms with Crippen LogP contribution in [0.1, 0.15) is 24.1 Å². The minimum Gasteiger partial charge on any atom is -0.397 e. The largest absolute Gasteiger partial charge is 0.416 e. The van der Waals surface area contributed by atoms with Crippen LogP contribution < -0.4 is 21.5 Å². The Morgan fingerprint density at radius 2 is 1.80 bits per heavy atom. The van der Waals surface area contributed by atoms with Gasteiger partial charge in [-0.1, -0.05) is 17.7 Å². The number of carbonyl (C=O) groups excluding carboxylic acids is 1. The molecule has 2 aromatic rings. The van der Waals surface area contributed by atoms with Gasteiger partial charge in [0.1, 0.15) is 0 Å². The predicted octanol–water partition coefficient (Wildman–Crippen LogP) is 3.66. The van der Waals surface area contributed by atoms with Crippen LogP contribution in [0.25, 0.3) is 0 Å². The summed E-state index contributed by atoms with van der Waals surface area (Å²) < 4.78 is 40.6. The molecule has 0 aliphatic carbocycles. The zero-order chi connectivity index (χ0) is 22.1. The lowest BCUT2D eigenvalue weighted by Gasteiger charge is -2.35. The van der Waals surface area contributed by atoms with E-state index in [0.717, 1.165) is 18.2 Å². The predicted molar refractivity (Wildman–Crippen MR) is 112 cm³/mol. The molecular weight excluding hydrogens is 419 g/mol. The monoisotopic (exact) mass is 441 g/mol. The van der Waals surface area contributed by atoms with Gasteiger partial charge in [0.25, 0.3) is 0 Å². The molecule has 3 rings (SSSR count). The van der Waals surface area contributed by atoms with Crippen LogP contribution in [0.4, 0.5) is 30.2 Å². The van der Waals surface area contributed by atoms with Gasteiger partial charge in [-0.05, 0) is 42.8 Å². The summed E-state index contributed by atoms with van der Waals surface area (Å²) in [6, 6.07) is 8.08. The average molecular weight is 442 g/mol. The molecule has 30 heavy (non-hydrogen) atoms. The van der Waals surface area contributed by atoms with Gasteiger partial charge in [-0.3, -0.25) is 4.79 Å². The topological polar surface area (TPSA) is 78.8 Å². The summed E-state index contributed by atoms with van der Waals surface area (Å²) in [6.07, 6.45) is -3.75. The number of benzene rings is 2. The maximum absolute atomic E-state index is 13.5. The second-order valence-corrected chi connectivity index (χ2v) is 7.62. The molecule has 0 aromatic heterocycles. The smallest absolute Gasteiger partial charge is 0.397 e. The second-order valence-electron chi connectivity index (χ2n) is 7.18. The highest BCUT2D eigenvalue weighted by atomic mass is 35.5. The van der Waals surface area contributed by atoms with E-state index in [1.807, 2.05) is 6.07 Å². The number of anilines is 3. The SMILES string of the molecule is CC(c1ccc(Cl)cc1C(F)(F)F)N(N)c1cc(N2CCN(C=O)CC2)ccc1N. The molecule has 1 unspecified atom stereocenters. The fourth-order valence-electron chi connectivity index (χ4n) is 3.53. The van der Waals surface area contributed by atoms with Gasteiger partial charge in [0.05, 0.1) is 23.0 Å². The highest BCUT2D eigenvalue weighted by Gasteiger charge is 2.36. The first-order valence-electron chi connectivity index (χ1n) is 9.36. The van der Waals surface area contributed by atoms with E-state index in [0.29, 0.717) is 37.6 Å². The molecule has 0 saturated carbocycles. The van der Waals surface area contributed by atoms with Gasteiger partial charge >= 0.3 is 6.18 Å². The number of alkyl halides is 3. The van der Waals surface area contributed by atoms with Gasteiger partial charge in [0.15, 0.2) is 0 Å². The Morgan fingerprint density at radius 3 is 2.40 bits per heavy atom. The molecule has 6 nitrogen and oxygen atoms in total. The summed E-state index contributed by atoms with van der Waals surface area (Å²) in [7, 11) is 0. The van der Waals surface area contributed by atoms with Crippen molar-refractivity contribution in [3.63, 3.8) is 0 Å². The number of amides is 1. The zero-order valence-corrected chi connectivity index (χ0v) is 17.1. The number of nitrogen functional groups attached to an aromatic ring is 1. The number of hydrazine groups is 1. The number of nitrogens with zero attached hydrogens (tertiary/aromatic N) is 3. The first-order valence-corrected chi connectivity index (χ1v) is 9.74. The molecule has 1 heterocycles. The highest BCUT2D eigenvalue weighted by molar-refractivity contribution is 6.30. The lowest BCUT2D eigenvalue weighted by atomic mass is 10.00. The van der Waals surface area contributed by atoms with E-state index in [9.17, 15) is 18.0 Å². The van der Waals surface area contributed by atoms with Crippen molar-refractivity contribution in [1.29, 1.82) is 0 Å². The van der Waals surface area contributed by atoms with Crippen LogP contribution in [-0.4, -0.2) is 37.5 Å². The van der Waals surface area contributed by atoms with Crippen LogP contribution in [0, 0.1) is 0 Å². The van der Waals surface area contributed by atoms with Crippen molar-refractivity contribution in [3.05, 3.63) is 52.5 Å². The molecule has 1 amide bonds. The number of hydrogen-bond acceptors (Lipinski definition) is 5. The molecular formula is C20H23ClF3N5O. The lowest BCUT2D eigenvalue weighted by Crippen LogP contribution is -2.45. The molecule has 1 fully saturated rings. The van der Waals surface area contributed by atoms with E-state index in [2.05, 4.69) is 4.90 Å². The van der Waals surface area contributed by atoms with Crippen molar-refractivity contribution in [1.82, 2.24) is 4.90 Å². The summed E-state index contributed by atoms with van der Waals surface area (Å²) in [5.74, 6) is 6.24. The number of carbonyl (C=O) groups is 1. The fourth-order valence-corrected chi connectivity index (χ4v) is 3.71. The lowest BCUT2D eigenvalue weighted by molar-refractivity contribution is -0.138. The van der Waals surface area contributed by atoms with Gasteiger partial charge in [0.2, 0.25) is 6.41 Å². The first-order chi connectivity index (χ1) is 14.1. The minimum absolute atomic E-state index is 0.00111. The standard InChI is InChI=1S/C20H23ClF3N5O/c1-13(16-4-2-14(21)10-17(16)20(22,23)24)29(26)19-11-15(3-5-18(19)25)28-8-6-27(12-30)7-9-28/h2-5,10-13H,6-9,25-26H2,1H3. The second kappa shape index (κ2) is 8.61. The summed E-state index contributed by atoms with van der Waals surface area (Å²) in [4.78, 5) is 14.7. The Labute approximate surface area is 177 Å². The first kappa shape index (κ1) is 22.0. The van der Waals surface area contributed by atoms with Crippen LogP contribution in [0.15, 0.2) is 36.4 Å². The summed E-state index contributed by atoms with van der Waals surface area (Å²) in [5.41, 5.74) is 6.85. The van der Waals surface area contributed by atoms with Crippen molar-refractivity contribution in [2.45, 2.75) is 19.1 Å². The molecule has 0 radical (unpaired) electrons. The van der Waals surface area contributed by atoms with E-state index in [1.54, 1.807) is 24.0 Å². The number of piperazine rings is 1. The molecule has 10 heteroatoms. The van der Waals surface area contributed by atoms with E-state index in [1.165, 1.54) is 17.1 Å². The summed E-state index contributed by atoms with van der Waals surface area (Å²) in [6.45, 7) is 4.03. The van der Waals surface area contributed by atoms with Crippen molar-refractivity contribution >= 4 is 35.1 Å². The third-order valence-corrected chi connectivity index (χ3v) is 5.54. The molecule has 0 spiro atoms. The van der Waals surface area contributed by atoms with Crippen molar-refractivity contribution < 1.29 is 18.0 Å². The van der Waals surface area contributed by atoms with Crippen LogP contribution >= 0.6 is 11.6 Å². The number of hydrogen-bond donors (Lipinski definition) is 2. The van der Waals surface area contributed by atoms with Gasteiger partial charge in [-0.15, -0.1) is 0 Å². The number of halogens is 4. The van der Waals surface area contributed by atoms with Gasteiger partial charge in [-0.2, -0.15) is 13.2 Å². The van der Waals surface area contributed by atoms with E-state index in [-0.39, 0.29) is 10.6 Å². The van der Waals surface area contributed by atoms with Crippen molar-refractivity contribution in [2.24, 2.45) is 5.84 Å². The van der Waals surface area contributed by atoms with Crippen LogP contribution in [-0.2, 0) is 11.0 Å². The molecule has 1 atom stereocenters. The van der Waals surface area contributed by atoms with Gasteiger partial charge < -0.3 is 20.5 Å². The third-order valence-electron chi connectivity index (χ3n) is 5.31. The highest BCUT2D eigenvalue weighted by Crippen LogP contribution is 2.39. The molecule has 4 N–H and O–H groups in total. The Kier molecular flexibility index (Phi) is 6.33. The maximum Gasteiger partial charge on any atom is 0.416 e. The molecule has 162 valence electrons. The van der Waals surface area contributed by atoms with Crippen LogP contribution in [0.2, 0.25) is 5.02 Å². The van der Waals surface area contributed by atoms with Gasteiger partial charge in [-0.25, -0.2) is 5.84 Å². The Balaban J connectivity index is 1.90. The normalized spacial score (nSPS) is 15.8. The van der Waals surface area contributed by atoms with Gasteiger partial charge in [0, 0.05) is 36.9 Å². The molecule has 1 saturated heterocycles. The van der Waals surface area contributed by atoms with Crippen molar-refractivity contribution in [2.75, 3.05) is 41.8 Å². The van der Waals surface area contributed by atoms with E-state index in [4.69, 9.17) is 23.2 Å². The van der Waals surface area contributed by atoms with Crippen LogP contribution in [0.3, 0.4) is 0 Å². The quantitative estimate of drug-likeness (QED) is 0.320. The minimum atomic E-state index is -4.57. The number of rotatable bonds is 5.